The van der Waals surface area contributed by atoms with Crippen molar-refractivity contribution in [3.8, 4) is 11.5 Å². The van der Waals surface area contributed by atoms with E-state index in [2.05, 4.69) is 9.82 Å². The van der Waals surface area contributed by atoms with E-state index in [0.717, 1.165) is 0 Å². The largest absolute Gasteiger partial charge is 0.451 e. The molecular formula is C23H19ClF2N4O6S. The van der Waals surface area contributed by atoms with Gasteiger partial charge in [0.05, 0.1) is 4.90 Å². The highest BCUT2D eigenvalue weighted by Crippen LogP contribution is 2.32. The van der Waals surface area contributed by atoms with E-state index in [1.54, 1.807) is 0 Å². The number of sulfonamides is 1. The number of aromatic nitrogens is 1. The van der Waals surface area contributed by atoms with Gasteiger partial charge in [-0.05, 0) is 48.5 Å². The number of hydrogen-bond acceptors (Lipinski definition) is 8. The maximum Gasteiger partial charge on any atom is 0.344 e. The zero-order valence-electron chi connectivity index (χ0n) is 18.9. The minimum absolute atomic E-state index is 0.0681. The summed E-state index contributed by atoms with van der Waals surface area (Å²) < 4.78 is 62.2. The Morgan fingerprint density at radius 2 is 1.65 bits per heavy atom. The highest BCUT2D eigenvalue weighted by atomic mass is 35.5. The number of piperazine rings is 1. The number of amides is 1. The number of benzene rings is 2. The summed E-state index contributed by atoms with van der Waals surface area (Å²) in [7, 11) is -4.64. The minimum Gasteiger partial charge on any atom is -0.451 e. The van der Waals surface area contributed by atoms with Crippen LogP contribution in [0, 0.1) is 11.6 Å². The Morgan fingerprint density at radius 3 is 2.24 bits per heavy atom. The molecule has 1 aromatic heterocycles. The van der Waals surface area contributed by atoms with E-state index in [4.69, 9.17) is 22.2 Å². The Morgan fingerprint density at radius 1 is 1.03 bits per heavy atom. The zero-order valence-corrected chi connectivity index (χ0v) is 20.5. The Bertz CT molecular complexity index is 1400. The van der Waals surface area contributed by atoms with Gasteiger partial charge in [0.2, 0.25) is 10.0 Å². The van der Waals surface area contributed by atoms with Crippen LogP contribution in [0.5, 0.6) is 11.5 Å². The molecule has 3 aromatic rings. The number of ether oxygens (including phenoxy) is 1. The maximum atomic E-state index is 14.8. The second-order valence-electron chi connectivity index (χ2n) is 7.83. The van der Waals surface area contributed by atoms with Crippen molar-refractivity contribution in [2.45, 2.75) is 10.9 Å². The molecule has 0 bridgehead atoms. The van der Waals surface area contributed by atoms with Crippen LogP contribution >= 0.6 is 11.6 Å². The SMILES string of the molecule is NOC(=O)[C@H]1CN(C(=O)c2ccncc2)CCN1S(=O)(=O)c1cc(F)c(Oc2ccc(Cl)cc2)c(F)c1. The summed E-state index contributed by atoms with van der Waals surface area (Å²) >= 11 is 5.78. The summed E-state index contributed by atoms with van der Waals surface area (Å²) in [5, 5.41) is 0.378. The summed E-state index contributed by atoms with van der Waals surface area (Å²) in [6, 6.07) is 8.14. The Hall–Kier alpha value is -3.65. The molecule has 0 spiro atoms. The highest BCUT2D eigenvalue weighted by molar-refractivity contribution is 7.89. The predicted octanol–water partition coefficient (Wildman–Crippen LogP) is 2.74. The topological polar surface area (TPSA) is 132 Å². The van der Waals surface area contributed by atoms with Gasteiger partial charge in [0.1, 0.15) is 11.8 Å². The van der Waals surface area contributed by atoms with Gasteiger partial charge in [-0.1, -0.05) is 11.6 Å². The molecule has 2 heterocycles. The molecule has 1 amide bonds. The van der Waals surface area contributed by atoms with Crippen molar-refractivity contribution in [3.05, 3.63) is 83.1 Å². The van der Waals surface area contributed by atoms with Crippen LogP contribution in [0.15, 0.2) is 65.8 Å². The Balaban J connectivity index is 1.61. The number of rotatable bonds is 6. The first-order chi connectivity index (χ1) is 17.6. The summed E-state index contributed by atoms with van der Waals surface area (Å²) in [5.41, 5.74) is 0.270. The lowest BCUT2D eigenvalue weighted by molar-refractivity contribution is -0.150. The normalized spacial score (nSPS) is 16.3. The number of nitrogens with zero attached hydrogens (tertiary/aromatic N) is 3. The zero-order chi connectivity index (χ0) is 26.7. The number of carbonyl (C=O) groups excluding carboxylic acids is 2. The maximum absolute atomic E-state index is 14.8. The van der Waals surface area contributed by atoms with Crippen molar-refractivity contribution in [1.29, 1.82) is 0 Å². The lowest BCUT2D eigenvalue weighted by Crippen LogP contribution is -2.59. The predicted molar refractivity (Wildman–Crippen MR) is 126 cm³/mol. The van der Waals surface area contributed by atoms with E-state index >= 15 is 0 Å². The molecule has 0 unspecified atom stereocenters. The van der Waals surface area contributed by atoms with Gasteiger partial charge in [-0.3, -0.25) is 9.78 Å². The lowest BCUT2D eigenvalue weighted by atomic mass is 10.1. The fourth-order valence-electron chi connectivity index (χ4n) is 3.73. The van der Waals surface area contributed by atoms with E-state index in [9.17, 15) is 26.8 Å². The van der Waals surface area contributed by atoms with Gasteiger partial charge in [0.25, 0.3) is 5.91 Å². The van der Waals surface area contributed by atoms with Crippen LogP contribution in [-0.4, -0.2) is 60.2 Å². The lowest BCUT2D eigenvalue weighted by Gasteiger charge is -2.38. The highest BCUT2D eigenvalue weighted by Gasteiger charge is 2.43. The average Bonchev–Trinajstić information content (AvgIpc) is 2.90. The van der Waals surface area contributed by atoms with Crippen molar-refractivity contribution < 1.29 is 36.4 Å². The molecule has 0 saturated carbocycles. The Kier molecular flexibility index (Phi) is 7.68. The van der Waals surface area contributed by atoms with Gasteiger partial charge >= 0.3 is 5.97 Å². The van der Waals surface area contributed by atoms with E-state index in [1.165, 1.54) is 53.7 Å². The third-order valence-corrected chi connectivity index (χ3v) is 7.68. The van der Waals surface area contributed by atoms with Crippen molar-refractivity contribution in [2.75, 3.05) is 19.6 Å². The van der Waals surface area contributed by atoms with Crippen LogP contribution in [0.25, 0.3) is 0 Å². The first-order valence-corrected chi connectivity index (χ1v) is 12.5. The van der Waals surface area contributed by atoms with Gasteiger partial charge < -0.3 is 14.5 Å². The van der Waals surface area contributed by atoms with Gasteiger partial charge in [-0.2, -0.15) is 10.2 Å². The first kappa shape index (κ1) is 26.4. The van der Waals surface area contributed by atoms with Crippen LogP contribution < -0.4 is 10.6 Å². The molecule has 1 atom stereocenters. The molecule has 0 radical (unpaired) electrons. The third-order valence-electron chi connectivity index (χ3n) is 5.55. The van der Waals surface area contributed by atoms with Gasteiger partial charge in [-0.15, -0.1) is 0 Å². The number of halogens is 3. The third kappa shape index (κ3) is 5.54. The second-order valence-corrected chi connectivity index (χ2v) is 10.2. The van der Waals surface area contributed by atoms with Crippen molar-refractivity contribution in [2.24, 2.45) is 5.90 Å². The molecule has 14 heteroatoms. The van der Waals surface area contributed by atoms with Gasteiger partial charge in [0.15, 0.2) is 17.4 Å². The van der Waals surface area contributed by atoms with Gasteiger partial charge in [-0.25, -0.2) is 22.0 Å². The van der Waals surface area contributed by atoms with Crippen LogP contribution in [0.4, 0.5) is 8.78 Å². The fraction of sp³-hybridized carbons (Fsp3) is 0.174. The summed E-state index contributed by atoms with van der Waals surface area (Å²) in [6.45, 7) is -0.887. The van der Waals surface area contributed by atoms with Crippen LogP contribution in [-0.2, 0) is 19.7 Å². The summed E-state index contributed by atoms with van der Waals surface area (Å²) in [6.07, 6.45) is 2.81. The molecule has 0 aliphatic carbocycles. The number of pyridine rings is 1. The standard InChI is InChI=1S/C23H19ClF2N4O6S/c24-15-1-3-16(4-2-15)35-21-18(25)11-17(12-19(21)26)37(33,34)30-10-9-29(13-20(30)23(32)36-27)22(31)14-5-7-28-8-6-14/h1-8,11-12,20H,9-10,13,27H2/t20-/m1/s1. The molecule has 194 valence electrons. The number of nitrogens with two attached hydrogens (primary N) is 1. The monoisotopic (exact) mass is 552 g/mol. The molecule has 10 nitrogen and oxygen atoms in total. The molecule has 1 aliphatic heterocycles. The molecule has 1 saturated heterocycles. The smallest absolute Gasteiger partial charge is 0.344 e. The van der Waals surface area contributed by atoms with Gasteiger partial charge in [0, 0.05) is 42.6 Å². The molecule has 1 fully saturated rings. The van der Waals surface area contributed by atoms with Crippen LogP contribution in [0.1, 0.15) is 10.4 Å². The fourth-order valence-corrected chi connectivity index (χ4v) is 5.44. The van der Waals surface area contributed by atoms with Crippen LogP contribution in [0.3, 0.4) is 0 Å². The molecule has 4 rings (SSSR count). The van der Waals surface area contributed by atoms with Crippen molar-refractivity contribution in [3.63, 3.8) is 0 Å². The molecule has 1 aliphatic rings. The summed E-state index contributed by atoms with van der Waals surface area (Å²) in [4.78, 5) is 33.8. The molecule has 37 heavy (non-hydrogen) atoms. The van der Waals surface area contributed by atoms with Crippen molar-refractivity contribution >= 4 is 33.5 Å². The molecule has 2 aromatic carbocycles. The van der Waals surface area contributed by atoms with E-state index in [-0.39, 0.29) is 24.4 Å². The Labute approximate surface area is 215 Å². The van der Waals surface area contributed by atoms with E-state index < -0.39 is 56.8 Å². The second kappa shape index (κ2) is 10.8. The molecule has 2 N–H and O–H groups in total. The van der Waals surface area contributed by atoms with Crippen LogP contribution in [0.2, 0.25) is 5.02 Å². The average molecular weight is 553 g/mol. The van der Waals surface area contributed by atoms with E-state index in [0.29, 0.717) is 21.5 Å². The summed E-state index contributed by atoms with van der Waals surface area (Å²) in [5.74, 6) is 0.0269. The minimum atomic E-state index is -4.64. The number of hydrogen-bond donors (Lipinski definition) is 1. The number of carbonyl (C=O) groups is 2. The quantitative estimate of drug-likeness (QED) is 0.462. The van der Waals surface area contributed by atoms with Crippen molar-refractivity contribution in [1.82, 2.24) is 14.2 Å². The van der Waals surface area contributed by atoms with E-state index in [1.807, 2.05) is 0 Å². The first-order valence-electron chi connectivity index (χ1n) is 10.7. The molecular weight excluding hydrogens is 534 g/mol.